The maximum absolute atomic E-state index is 13.8. The fourth-order valence-electron chi connectivity index (χ4n) is 5.69. The van der Waals surface area contributed by atoms with Crippen LogP contribution < -0.4 is 5.32 Å². The summed E-state index contributed by atoms with van der Waals surface area (Å²) in [7, 11) is 0. The van der Waals surface area contributed by atoms with E-state index in [0.717, 1.165) is 49.2 Å². The highest BCUT2D eigenvalue weighted by Crippen LogP contribution is 2.23. The van der Waals surface area contributed by atoms with E-state index in [-0.39, 0.29) is 24.1 Å². The normalized spacial score (nSPS) is 12.9. The Balaban J connectivity index is 0.000000727. The Hall–Kier alpha value is -5.03. The number of carboxylic acids is 1. The van der Waals surface area contributed by atoms with Gasteiger partial charge in [-0.2, -0.15) is 13.2 Å². The van der Waals surface area contributed by atoms with Crippen LogP contribution in [0.25, 0.3) is 11.1 Å². The van der Waals surface area contributed by atoms with Crippen molar-refractivity contribution in [2.75, 3.05) is 32.7 Å². The molecule has 2 N–H and O–H groups in total. The number of carbonyl (C=O) groups is 3. The molecule has 2 amide bonds. The van der Waals surface area contributed by atoms with Crippen LogP contribution in [-0.2, 0) is 29.0 Å². The number of nitrogens with zero attached hydrogens (tertiary/aromatic N) is 2. The summed E-state index contributed by atoms with van der Waals surface area (Å²) in [6, 6.07) is 32.3. The summed E-state index contributed by atoms with van der Waals surface area (Å²) in [5.74, 6) is -3.19. The molecule has 11 heteroatoms. The SMILES string of the molecule is O=C(NCCN1CCCC1)c1cccc(-c2cccc(CN(CCCc3ccccc3)C(=O)Cc3cccc(F)c3)c2)c1.O=C(O)C(F)(F)F. The molecule has 4 aromatic carbocycles. The molecule has 264 valence electrons. The Morgan fingerprint density at radius 3 is 2.08 bits per heavy atom. The van der Waals surface area contributed by atoms with Gasteiger partial charge in [-0.05, 0) is 96.9 Å². The largest absolute Gasteiger partial charge is 0.490 e. The van der Waals surface area contributed by atoms with Crippen LogP contribution in [0.2, 0.25) is 0 Å². The Kier molecular flexibility index (Phi) is 14.1. The highest BCUT2D eigenvalue weighted by molar-refractivity contribution is 5.95. The number of halogens is 4. The maximum Gasteiger partial charge on any atom is 0.490 e. The molecule has 0 radical (unpaired) electrons. The fraction of sp³-hybridized carbons (Fsp3) is 0.308. The molecule has 1 fully saturated rings. The number of carbonyl (C=O) groups excluding carboxylic acids is 2. The van der Waals surface area contributed by atoms with Gasteiger partial charge in [0.05, 0.1) is 6.42 Å². The van der Waals surface area contributed by atoms with E-state index in [0.29, 0.717) is 30.8 Å². The second-order valence-electron chi connectivity index (χ2n) is 12.1. The lowest BCUT2D eigenvalue weighted by Gasteiger charge is -2.23. The molecule has 0 unspecified atom stereocenters. The molecule has 5 rings (SSSR count). The first-order chi connectivity index (χ1) is 24.0. The van der Waals surface area contributed by atoms with E-state index in [1.54, 1.807) is 12.1 Å². The molecular weight excluding hydrogens is 650 g/mol. The van der Waals surface area contributed by atoms with Crippen LogP contribution in [-0.4, -0.2) is 71.6 Å². The first-order valence-corrected chi connectivity index (χ1v) is 16.5. The second-order valence-corrected chi connectivity index (χ2v) is 12.1. The van der Waals surface area contributed by atoms with Gasteiger partial charge >= 0.3 is 12.1 Å². The molecule has 1 saturated heterocycles. The minimum atomic E-state index is -5.08. The first-order valence-electron chi connectivity index (χ1n) is 16.5. The Labute approximate surface area is 289 Å². The summed E-state index contributed by atoms with van der Waals surface area (Å²) in [6.07, 6.45) is -0.758. The van der Waals surface area contributed by atoms with Gasteiger partial charge in [0.15, 0.2) is 0 Å². The number of alkyl halides is 3. The lowest BCUT2D eigenvalue weighted by Crippen LogP contribution is -2.33. The van der Waals surface area contributed by atoms with Gasteiger partial charge in [-0.1, -0.05) is 72.8 Å². The molecule has 4 aromatic rings. The third kappa shape index (κ3) is 12.5. The van der Waals surface area contributed by atoms with Crippen LogP contribution in [0.3, 0.4) is 0 Å². The van der Waals surface area contributed by atoms with Gasteiger partial charge in [0.1, 0.15) is 5.82 Å². The summed E-state index contributed by atoms with van der Waals surface area (Å²) in [5, 5.41) is 10.2. The van der Waals surface area contributed by atoms with Gasteiger partial charge in [-0.15, -0.1) is 0 Å². The predicted molar refractivity (Wildman–Crippen MR) is 184 cm³/mol. The van der Waals surface area contributed by atoms with Crippen LogP contribution in [0.15, 0.2) is 103 Å². The van der Waals surface area contributed by atoms with Crippen molar-refractivity contribution < 1.29 is 37.1 Å². The number of hydrogen-bond donors (Lipinski definition) is 2. The smallest absolute Gasteiger partial charge is 0.475 e. The molecule has 0 bridgehead atoms. The molecule has 7 nitrogen and oxygen atoms in total. The lowest BCUT2D eigenvalue weighted by atomic mass is 10.0. The summed E-state index contributed by atoms with van der Waals surface area (Å²) in [6.45, 7) is 4.80. The minimum absolute atomic E-state index is 0.0309. The van der Waals surface area contributed by atoms with Crippen molar-refractivity contribution in [1.82, 2.24) is 15.1 Å². The predicted octanol–water partition coefficient (Wildman–Crippen LogP) is 7.16. The molecule has 1 heterocycles. The lowest BCUT2D eigenvalue weighted by molar-refractivity contribution is -0.192. The number of amides is 2. The van der Waals surface area contributed by atoms with Crippen LogP contribution >= 0.6 is 0 Å². The second kappa shape index (κ2) is 18.7. The standard InChI is InChI=1S/C37H40FN3O2.C2HF3O2/c38-35-18-7-12-30(25-35)26-36(42)41(22-9-14-29-10-2-1-3-11-29)28-31-13-6-15-32(24-31)33-16-8-17-34(27-33)37(43)39-19-23-40-20-4-5-21-40;3-2(4,5)1(6)7/h1-3,6-8,10-13,15-18,24-25,27H,4-5,9,14,19-23,26,28H2,(H,39,43);(H,6,7). The maximum atomic E-state index is 13.8. The summed E-state index contributed by atoms with van der Waals surface area (Å²) < 4.78 is 45.5. The van der Waals surface area contributed by atoms with Crippen molar-refractivity contribution >= 4 is 17.8 Å². The number of nitrogens with one attached hydrogen (secondary N) is 1. The molecule has 0 saturated carbocycles. The molecule has 0 spiro atoms. The van der Waals surface area contributed by atoms with Crippen LogP contribution in [0.4, 0.5) is 17.6 Å². The number of likely N-dealkylation sites (tertiary alicyclic amines) is 1. The van der Waals surface area contributed by atoms with Crippen LogP contribution in [0, 0.1) is 5.82 Å². The number of aryl methyl sites for hydroxylation is 1. The van der Waals surface area contributed by atoms with Crippen LogP contribution in [0.5, 0.6) is 0 Å². The van der Waals surface area contributed by atoms with E-state index in [4.69, 9.17) is 9.90 Å². The molecular formula is C39H41F4N3O4. The summed E-state index contributed by atoms with van der Waals surface area (Å²) in [5.41, 5.74) is 5.49. The first kappa shape index (κ1) is 37.8. The number of rotatable bonds is 13. The van der Waals surface area contributed by atoms with Gasteiger partial charge in [-0.25, -0.2) is 9.18 Å². The monoisotopic (exact) mass is 691 g/mol. The van der Waals surface area contributed by atoms with Crippen molar-refractivity contribution in [2.45, 2.75) is 44.8 Å². The quantitative estimate of drug-likeness (QED) is 0.145. The highest BCUT2D eigenvalue weighted by atomic mass is 19.4. The zero-order valence-corrected chi connectivity index (χ0v) is 27.7. The minimum Gasteiger partial charge on any atom is -0.475 e. The van der Waals surface area contributed by atoms with Crippen molar-refractivity contribution in [3.05, 3.63) is 131 Å². The Bertz CT molecular complexity index is 1710. The van der Waals surface area contributed by atoms with E-state index in [9.17, 15) is 27.2 Å². The number of carboxylic acid groups (broad SMARTS) is 1. The number of hydrogen-bond acceptors (Lipinski definition) is 4. The molecule has 0 atom stereocenters. The molecule has 0 aliphatic carbocycles. The zero-order chi connectivity index (χ0) is 35.9. The van der Waals surface area contributed by atoms with E-state index >= 15 is 0 Å². The molecule has 1 aliphatic heterocycles. The fourth-order valence-corrected chi connectivity index (χ4v) is 5.69. The highest BCUT2D eigenvalue weighted by Gasteiger charge is 2.38. The average Bonchev–Trinajstić information content (AvgIpc) is 3.62. The van der Waals surface area contributed by atoms with Gasteiger partial charge in [-0.3, -0.25) is 9.59 Å². The van der Waals surface area contributed by atoms with E-state index < -0.39 is 12.1 Å². The van der Waals surface area contributed by atoms with Crippen LogP contribution in [0.1, 0.15) is 46.3 Å². The van der Waals surface area contributed by atoms with Crippen molar-refractivity contribution in [3.63, 3.8) is 0 Å². The van der Waals surface area contributed by atoms with Crippen molar-refractivity contribution in [1.29, 1.82) is 0 Å². The molecule has 50 heavy (non-hydrogen) atoms. The molecule has 0 aromatic heterocycles. The molecule has 1 aliphatic rings. The average molecular weight is 692 g/mol. The van der Waals surface area contributed by atoms with Crippen molar-refractivity contribution in [2.24, 2.45) is 0 Å². The Morgan fingerprint density at radius 1 is 0.780 bits per heavy atom. The van der Waals surface area contributed by atoms with Crippen molar-refractivity contribution in [3.8, 4) is 11.1 Å². The van der Waals surface area contributed by atoms with E-state index in [1.165, 1.54) is 30.5 Å². The van der Waals surface area contributed by atoms with Gasteiger partial charge in [0.2, 0.25) is 5.91 Å². The van der Waals surface area contributed by atoms with E-state index in [1.807, 2.05) is 65.6 Å². The van der Waals surface area contributed by atoms with E-state index in [2.05, 4.69) is 28.4 Å². The zero-order valence-electron chi connectivity index (χ0n) is 27.7. The number of benzene rings is 4. The summed E-state index contributed by atoms with van der Waals surface area (Å²) in [4.78, 5) is 39.5. The number of aliphatic carboxylic acids is 1. The van der Waals surface area contributed by atoms with Gasteiger partial charge in [0, 0.05) is 31.7 Å². The third-order valence-corrected chi connectivity index (χ3v) is 8.25. The summed E-state index contributed by atoms with van der Waals surface area (Å²) >= 11 is 0. The Morgan fingerprint density at radius 2 is 1.40 bits per heavy atom. The van der Waals surface area contributed by atoms with Gasteiger partial charge < -0.3 is 20.2 Å². The third-order valence-electron chi connectivity index (χ3n) is 8.25. The van der Waals surface area contributed by atoms with Gasteiger partial charge in [0.25, 0.3) is 5.91 Å². The topological polar surface area (TPSA) is 90.0 Å².